The average Bonchev–Trinajstić information content (AvgIpc) is 2.74. The van der Waals surface area contributed by atoms with Crippen molar-refractivity contribution >= 4 is 20.3 Å². The zero-order valence-electron chi connectivity index (χ0n) is 21.8. The van der Waals surface area contributed by atoms with E-state index >= 15 is 0 Å². The first-order valence-corrected chi connectivity index (χ1v) is 14.8. The molecular formula is C27H42O6Si. The molecule has 0 heterocycles. The highest BCUT2D eigenvalue weighted by Crippen LogP contribution is 2.37. The number of benzene rings is 1. The molecule has 0 N–H and O–H groups in total. The van der Waals surface area contributed by atoms with E-state index in [1.165, 1.54) is 13.0 Å². The van der Waals surface area contributed by atoms with E-state index in [2.05, 4.69) is 33.9 Å². The third-order valence-electron chi connectivity index (χ3n) is 5.67. The highest BCUT2D eigenvalue weighted by Gasteiger charge is 2.38. The summed E-state index contributed by atoms with van der Waals surface area (Å²) in [6, 6.07) is 9.85. The lowest BCUT2D eigenvalue weighted by atomic mass is 10.1. The third kappa shape index (κ3) is 12.3. The summed E-state index contributed by atoms with van der Waals surface area (Å²) in [7, 11) is -2.03. The van der Waals surface area contributed by atoms with Crippen molar-refractivity contribution in [3.63, 3.8) is 0 Å². The Morgan fingerprint density at radius 2 is 1.74 bits per heavy atom. The first-order valence-electron chi connectivity index (χ1n) is 11.9. The zero-order chi connectivity index (χ0) is 25.6. The maximum Gasteiger partial charge on any atom is 0.330 e. The number of carbonyl (C=O) groups excluding carboxylic acids is 2. The van der Waals surface area contributed by atoms with Crippen molar-refractivity contribution in [1.82, 2.24) is 0 Å². The molecule has 0 saturated heterocycles. The summed E-state index contributed by atoms with van der Waals surface area (Å²) < 4.78 is 22.6. The predicted molar refractivity (Wildman–Crippen MR) is 138 cm³/mol. The quantitative estimate of drug-likeness (QED) is 0.138. The number of rotatable bonds is 14. The Balaban J connectivity index is 2.73. The number of hydrogen-bond donors (Lipinski definition) is 0. The smallest absolute Gasteiger partial charge is 0.330 e. The van der Waals surface area contributed by atoms with Crippen LogP contribution in [0.4, 0.5) is 0 Å². The minimum Gasteiger partial charge on any atom is -0.463 e. The van der Waals surface area contributed by atoms with E-state index < -0.39 is 14.4 Å². The monoisotopic (exact) mass is 490 g/mol. The Labute approximate surface area is 206 Å². The van der Waals surface area contributed by atoms with Gasteiger partial charge in [-0.05, 0) is 55.6 Å². The molecule has 0 bridgehead atoms. The van der Waals surface area contributed by atoms with Gasteiger partial charge in [0, 0.05) is 13.0 Å². The summed E-state index contributed by atoms with van der Waals surface area (Å²) in [5.74, 6) is -0.721. The fourth-order valence-electron chi connectivity index (χ4n) is 2.84. The number of carbonyl (C=O) groups is 2. The first kappa shape index (κ1) is 29.8. The van der Waals surface area contributed by atoms with Gasteiger partial charge in [-0.15, -0.1) is 0 Å². The second-order valence-corrected chi connectivity index (χ2v) is 14.4. The Morgan fingerprint density at radius 3 is 2.32 bits per heavy atom. The van der Waals surface area contributed by atoms with Crippen molar-refractivity contribution in [3.8, 4) is 0 Å². The van der Waals surface area contributed by atoms with E-state index in [4.69, 9.17) is 18.6 Å². The molecule has 0 amide bonds. The molecule has 0 radical (unpaired) electrons. The SMILES string of the molecule is CCOC(=O)/C=C/[C@H](CC/C=C/C(COCc1ccccc1)OC(C)=O)O[Si](C)(C)C(C)(C)C. The summed E-state index contributed by atoms with van der Waals surface area (Å²) >= 11 is 0. The van der Waals surface area contributed by atoms with Gasteiger partial charge in [0.2, 0.25) is 0 Å². The van der Waals surface area contributed by atoms with Gasteiger partial charge in [0.15, 0.2) is 8.32 Å². The molecule has 2 atom stereocenters. The zero-order valence-corrected chi connectivity index (χ0v) is 22.8. The lowest BCUT2D eigenvalue weighted by Crippen LogP contribution is -2.43. The molecule has 1 aromatic rings. The summed E-state index contributed by atoms with van der Waals surface area (Å²) in [4.78, 5) is 23.3. The Kier molecular flexibility index (Phi) is 13.1. The van der Waals surface area contributed by atoms with E-state index in [0.29, 0.717) is 26.1 Å². The van der Waals surface area contributed by atoms with Crippen LogP contribution in [0.15, 0.2) is 54.6 Å². The van der Waals surface area contributed by atoms with E-state index in [0.717, 1.165) is 5.56 Å². The van der Waals surface area contributed by atoms with Crippen LogP contribution in [0.25, 0.3) is 0 Å². The molecule has 1 unspecified atom stereocenters. The van der Waals surface area contributed by atoms with Crippen molar-refractivity contribution in [3.05, 3.63) is 60.2 Å². The normalized spacial score (nSPS) is 14.3. The van der Waals surface area contributed by atoms with Crippen LogP contribution < -0.4 is 0 Å². The van der Waals surface area contributed by atoms with Gasteiger partial charge in [-0.1, -0.05) is 57.2 Å². The largest absolute Gasteiger partial charge is 0.463 e. The summed E-state index contributed by atoms with van der Waals surface area (Å²) in [5, 5.41) is 0.0510. The summed E-state index contributed by atoms with van der Waals surface area (Å²) in [6.45, 7) is 15.2. The molecule has 0 saturated carbocycles. The molecule has 0 fully saturated rings. The number of esters is 2. The number of hydrogen-bond acceptors (Lipinski definition) is 6. The lowest BCUT2D eigenvalue weighted by molar-refractivity contribution is -0.146. The van der Waals surface area contributed by atoms with Crippen molar-refractivity contribution in [1.29, 1.82) is 0 Å². The van der Waals surface area contributed by atoms with Crippen LogP contribution in [0.1, 0.15) is 53.0 Å². The number of allylic oxidation sites excluding steroid dienone is 1. The molecular weight excluding hydrogens is 448 g/mol. The second-order valence-electron chi connectivity index (χ2n) is 9.68. The Bertz CT molecular complexity index is 795. The van der Waals surface area contributed by atoms with Crippen LogP contribution in [-0.4, -0.2) is 45.7 Å². The van der Waals surface area contributed by atoms with Gasteiger partial charge in [-0.3, -0.25) is 4.79 Å². The molecule has 0 aliphatic carbocycles. The van der Waals surface area contributed by atoms with Crippen LogP contribution in [-0.2, 0) is 34.8 Å². The van der Waals surface area contributed by atoms with Crippen LogP contribution in [0.2, 0.25) is 18.1 Å². The molecule has 6 nitrogen and oxygen atoms in total. The van der Waals surface area contributed by atoms with Gasteiger partial charge >= 0.3 is 11.9 Å². The topological polar surface area (TPSA) is 71.1 Å². The summed E-state index contributed by atoms with van der Waals surface area (Å²) in [6.07, 6.45) is 7.78. The highest BCUT2D eigenvalue weighted by molar-refractivity contribution is 6.74. The number of ether oxygens (including phenoxy) is 3. The molecule has 0 spiro atoms. The molecule has 0 aliphatic heterocycles. The molecule has 1 rings (SSSR count). The Morgan fingerprint density at radius 1 is 1.06 bits per heavy atom. The van der Waals surface area contributed by atoms with Crippen molar-refractivity contribution in [2.75, 3.05) is 13.2 Å². The van der Waals surface area contributed by atoms with Crippen molar-refractivity contribution in [2.45, 2.75) is 84.4 Å². The molecule has 1 aromatic carbocycles. The van der Waals surface area contributed by atoms with Gasteiger partial charge < -0.3 is 18.6 Å². The maximum atomic E-state index is 11.8. The van der Waals surface area contributed by atoms with Crippen LogP contribution in [0, 0.1) is 0 Å². The van der Waals surface area contributed by atoms with Gasteiger partial charge in [-0.25, -0.2) is 4.79 Å². The second kappa shape index (κ2) is 14.9. The first-order chi connectivity index (χ1) is 15.9. The van der Waals surface area contributed by atoms with Gasteiger partial charge in [0.25, 0.3) is 0 Å². The van der Waals surface area contributed by atoms with Crippen molar-refractivity contribution in [2.24, 2.45) is 0 Å². The molecule has 0 aromatic heterocycles. The standard InChI is InChI=1S/C27H42O6Si/c1-8-31-26(29)19-18-24(33-34(6,7)27(3,4)5)16-12-13-17-25(32-22(2)28)21-30-20-23-14-10-9-11-15-23/h9-11,13-15,17-19,24-25H,8,12,16,20-21H2,1-7H3/b17-13+,19-18+/t24-,25?/m0/s1. The molecule has 7 heteroatoms. The third-order valence-corrected chi connectivity index (χ3v) is 10.2. The van der Waals surface area contributed by atoms with Crippen LogP contribution in [0.5, 0.6) is 0 Å². The van der Waals surface area contributed by atoms with Gasteiger partial charge in [0.1, 0.15) is 6.10 Å². The van der Waals surface area contributed by atoms with E-state index in [9.17, 15) is 9.59 Å². The fourth-order valence-corrected chi connectivity index (χ4v) is 4.15. The van der Waals surface area contributed by atoms with E-state index in [1.54, 1.807) is 13.0 Å². The minimum atomic E-state index is -2.03. The summed E-state index contributed by atoms with van der Waals surface area (Å²) in [5.41, 5.74) is 1.06. The van der Waals surface area contributed by atoms with Crippen molar-refractivity contribution < 1.29 is 28.2 Å². The average molecular weight is 491 g/mol. The predicted octanol–water partition coefficient (Wildman–Crippen LogP) is 5.98. The van der Waals surface area contributed by atoms with Crippen LogP contribution in [0.3, 0.4) is 0 Å². The van der Waals surface area contributed by atoms with E-state index in [1.807, 2.05) is 42.5 Å². The molecule has 190 valence electrons. The van der Waals surface area contributed by atoms with Gasteiger partial charge in [-0.2, -0.15) is 0 Å². The molecule has 34 heavy (non-hydrogen) atoms. The molecule has 0 aliphatic rings. The highest BCUT2D eigenvalue weighted by atomic mass is 28.4. The fraction of sp³-hybridized carbons (Fsp3) is 0.556. The van der Waals surface area contributed by atoms with E-state index in [-0.39, 0.29) is 29.7 Å². The maximum absolute atomic E-state index is 11.8. The minimum absolute atomic E-state index is 0.0510. The van der Waals surface area contributed by atoms with Gasteiger partial charge in [0.05, 0.1) is 25.9 Å². The lowest BCUT2D eigenvalue weighted by Gasteiger charge is -2.38. The van der Waals surface area contributed by atoms with Crippen LogP contribution >= 0.6 is 0 Å². The Hall–Kier alpha value is -2.22.